The first-order valence-electron chi connectivity index (χ1n) is 7.14. The highest BCUT2D eigenvalue weighted by atomic mass is 32.1. The van der Waals surface area contributed by atoms with Crippen LogP contribution in [0.1, 0.15) is 30.5 Å². The summed E-state index contributed by atoms with van der Waals surface area (Å²) in [5, 5.41) is 12.4. The van der Waals surface area contributed by atoms with Crippen molar-refractivity contribution in [2.24, 2.45) is 5.92 Å². The molecule has 2 rings (SSSR count). The van der Waals surface area contributed by atoms with Crippen LogP contribution in [0, 0.1) is 11.7 Å². The maximum atomic E-state index is 12.9. The molecule has 2 unspecified atom stereocenters. The van der Waals surface area contributed by atoms with Crippen LogP contribution in [0.5, 0.6) is 0 Å². The molecule has 0 amide bonds. The maximum absolute atomic E-state index is 12.9. The average Bonchev–Trinajstić information content (AvgIpc) is 2.99. The van der Waals surface area contributed by atoms with Crippen LogP contribution in [0.3, 0.4) is 0 Å². The number of hydrogen-bond donors (Lipinski definition) is 1. The van der Waals surface area contributed by atoms with Crippen molar-refractivity contribution in [2.75, 3.05) is 13.1 Å². The zero-order chi connectivity index (χ0) is 15.2. The molecule has 21 heavy (non-hydrogen) atoms. The Bertz CT molecular complexity index is 530. The first-order valence-corrected chi connectivity index (χ1v) is 8.02. The van der Waals surface area contributed by atoms with Crippen molar-refractivity contribution in [3.63, 3.8) is 0 Å². The molecule has 0 aliphatic heterocycles. The number of halogens is 1. The molecule has 2 aromatic rings. The Hall–Kier alpha value is -1.30. The highest BCUT2D eigenvalue weighted by Gasteiger charge is 2.20. The molecule has 0 saturated carbocycles. The molecule has 1 N–H and O–H groups in total. The van der Waals surface area contributed by atoms with Gasteiger partial charge in [0.1, 0.15) is 5.82 Å². The van der Waals surface area contributed by atoms with Crippen LogP contribution in [0.2, 0.25) is 0 Å². The Morgan fingerprint density at radius 2 is 2.19 bits per heavy atom. The number of rotatable bonds is 7. The third-order valence-electron chi connectivity index (χ3n) is 3.55. The SMILES string of the molecule is CCN(Cc1cccs1)CC(C)C(O)c1ccc(F)cn1. The van der Waals surface area contributed by atoms with Gasteiger partial charge in [0.05, 0.1) is 18.0 Å². The van der Waals surface area contributed by atoms with E-state index in [-0.39, 0.29) is 11.7 Å². The predicted molar refractivity (Wildman–Crippen MR) is 83.6 cm³/mol. The second-order valence-corrected chi connectivity index (χ2v) is 6.26. The van der Waals surface area contributed by atoms with Gasteiger partial charge in [-0.3, -0.25) is 9.88 Å². The van der Waals surface area contributed by atoms with E-state index in [9.17, 15) is 9.50 Å². The lowest BCUT2D eigenvalue weighted by Gasteiger charge is -2.26. The summed E-state index contributed by atoms with van der Waals surface area (Å²) in [6, 6.07) is 7.05. The molecule has 0 radical (unpaired) electrons. The molecule has 0 aliphatic rings. The van der Waals surface area contributed by atoms with Crippen LogP contribution in [0.4, 0.5) is 4.39 Å². The highest BCUT2D eigenvalue weighted by Crippen LogP contribution is 2.22. The van der Waals surface area contributed by atoms with Crippen LogP contribution in [-0.4, -0.2) is 28.1 Å². The number of nitrogens with zero attached hydrogens (tertiary/aromatic N) is 2. The van der Waals surface area contributed by atoms with E-state index in [2.05, 4.69) is 34.3 Å². The Labute approximate surface area is 129 Å². The van der Waals surface area contributed by atoms with Crippen molar-refractivity contribution >= 4 is 11.3 Å². The van der Waals surface area contributed by atoms with Gasteiger partial charge in [0, 0.05) is 23.9 Å². The van der Waals surface area contributed by atoms with E-state index >= 15 is 0 Å². The van der Waals surface area contributed by atoms with Gasteiger partial charge in [-0.1, -0.05) is 19.9 Å². The van der Waals surface area contributed by atoms with Crippen molar-refractivity contribution in [3.05, 3.63) is 52.2 Å². The second-order valence-electron chi connectivity index (χ2n) is 5.23. The summed E-state index contributed by atoms with van der Waals surface area (Å²) < 4.78 is 12.9. The van der Waals surface area contributed by atoms with E-state index in [1.807, 2.05) is 6.92 Å². The number of aliphatic hydroxyl groups excluding tert-OH is 1. The Balaban J connectivity index is 1.94. The molecular weight excluding hydrogens is 287 g/mol. The molecular formula is C16H21FN2OS. The Morgan fingerprint density at radius 3 is 2.76 bits per heavy atom. The summed E-state index contributed by atoms with van der Waals surface area (Å²) in [7, 11) is 0. The largest absolute Gasteiger partial charge is 0.386 e. The lowest BCUT2D eigenvalue weighted by atomic mass is 10.0. The fourth-order valence-corrected chi connectivity index (χ4v) is 3.04. The van der Waals surface area contributed by atoms with Gasteiger partial charge in [-0.15, -0.1) is 11.3 Å². The van der Waals surface area contributed by atoms with E-state index < -0.39 is 6.10 Å². The molecule has 0 bridgehead atoms. The van der Waals surface area contributed by atoms with Crippen molar-refractivity contribution in [2.45, 2.75) is 26.5 Å². The Morgan fingerprint density at radius 1 is 1.38 bits per heavy atom. The smallest absolute Gasteiger partial charge is 0.141 e. The molecule has 114 valence electrons. The normalized spacial score (nSPS) is 14.3. The van der Waals surface area contributed by atoms with Crippen LogP contribution in [-0.2, 0) is 6.54 Å². The van der Waals surface area contributed by atoms with E-state index in [1.165, 1.54) is 10.9 Å². The minimum atomic E-state index is -0.678. The number of hydrogen-bond acceptors (Lipinski definition) is 4. The first-order chi connectivity index (χ1) is 10.1. The first kappa shape index (κ1) is 16.1. The van der Waals surface area contributed by atoms with Gasteiger partial charge in [0.2, 0.25) is 0 Å². The van der Waals surface area contributed by atoms with E-state index in [0.29, 0.717) is 5.69 Å². The van der Waals surface area contributed by atoms with E-state index in [0.717, 1.165) is 25.8 Å². The standard InChI is InChI=1S/C16H21FN2OS/c1-3-19(11-14-5-4-8-21-14)10-12(2)16(20)15-7-6-13(17)9-18-15/h4-9,12,16,20H,3,10-11H2,1-2H3. The molecule has 0 saturated heterocycles. The lowest BCUT2D eigenvalue weighted by Crippen LogP contribution is -2.30. The summed E-state index contributed by atoms with van der Waals surface area (Å²) in [4.78, 5) is 7.58. The van der Waals surface area contributed by atoms with Crippen molar-refractivity contribution < 1.29 is 9.50 Å². The quantitative estimate of drug-likeness (QED) is 0.851. The van der Waals surface area contributed by atoms with Gasteiger partial charge in [0.25, 0.3) is 0 Å². The fraction of sp³-hybridized carbons (Fsp3) is 0.438. The number of thiophene rings is 1. The number of pyridine rings is 1. The average molecular weight is 308 g/mol. The van der Waals surface area contributed by atoms with Crippen molar-refractivity contribution in [3.8, 4) is 0 Å². The van der Waals surface area contributed by atoms with Crippen LogP contribution < -0.4 is 0 Å². The maximum Gasteiger partial charge on any atom is 0.141 e. The number of aliphatic hydroxyl groups is 1. The summed E-state index contributed by atoms with van der Waals surface area (Å²) >= 11 is 1.74. The monoisotopic (exact) mass is 308 g/mol. The van der Waals surface area contributed by atoms with Crippen molar-refractivity contribution in [1.29, 1.82) is 0 Å². The minimum absolute atomic E-state index is 0.0304. The summed E-state index contributed by atoms with van der Waals surface area (Å²) in [6.07, 6.45) is 0.470. The van der Waals surface area contributed by atoms with E-state index in [4.69, 9.17) is 0 Å². The predicted octanol–water partition coefficient (Wildman–Crippen LogP) is 3.47. The fourth-order valence-electron chi connectivity index (χ4n) is 2.29. The molecule has 2 atom stereocenters. The van der Waals surface area contributed by atoms with Crippen molar-refractivity contribution in [1.82, 2.24) is 9.88 Å². The van der Waals surface area contributed by atoms with Crippen LogP contribution in [0.15, 0.2) is 35.8 Å². The third kappa shape index (κ3) is 4.59. The third-order valence-corrected chi connectivity index (χ3v) is 4.41. The molecule has 0 aliphatic carbocycles. The number of aromatic nitrogens is 1. The summed E-state index contributed by atoms with van der Waals surface area (Å²) in [6.45, 7) is 6.69. The minimum Gasteiger partial charge on any atom is -0.386 e. The summed E-state index contributed by atoms with van der Waals surface area (Å²) in [5.74, 6) is -0.352. The van der Waals surface area contributed by atoms with Gasteiger partial charge in [-0.05, 0) is 30.1 Å². The van der Waals surface area contributed by atoms with E-state index in [1.54, 1.807) is 17.4 Å². The summed E-state index contributed by atoms with van der Waals surface area (Å²) in [5.41, 5.74) is 0.524. The van der Waals surface area contributed by atoms with Gasteiger partial charge in [-0.25, -0.2) is 4.39 Å². The van der Waals surface area contributed by atoms with Gasteiger partial charge in [0.15, 0.2) is 0 Å². The molecule has 0 aromatic carbocycles. The second kappa shape index (κ2) is 7.64. The zero-order valence-corrected chi connectivity index (χ0v) is 13.2. The molecule has 5 heteroatoms. The van der Waals surface area contributed by atoms with Gasteiger partial charge in [-0.2, -0.15) is 0 Å². The molecule has 2 heterocycles. The lowest BCUT2D eigenvalue weighted by molar-refractivity contribution is 0.0843. The molecule has 2 aromatic heterocycles. The van der Waals surface area contributed by atoms with Crippen LogP contribution in [0.25, 0.3) is 0 Å². The topological polar surface area (TPSA) is 36.4 Å². The highest BCUT2D eigenvalue weighted by molar-refractivity contribution is 7.09. The molecule has 0 spiro atoms. The Kier molecular flexibility index (Phi) is 5.85. The molecule has 0 fully saturated rings. The van der Waals surface area contributed by atoms with Crippen LogP contribution >= 0.6 is 11.3 Å². The van der Waals surface area contributed by atoms with Gasteiger partial charge >= 0.3 is 0 Å². The molecule has 3 nitrogen and oxygen atoms in total. The zero-order valence-electron chi connectivity index (χ0n) is 12.4. The van der Waals surface area contributed by atoms with Gasteiger partial charge < -0.3 is 5.11 Å².